The molecule has 2 fully saturated rings. The van der Waals surface area contributed by atoms with Crippen LogP contribution in [0.15, 0.2) is 77.2 Å². The van der Waals surface area contributed by atoms with Crippen molar-refractivity contribution in [2.75, 3.05) is 0 Å². The van der Waals surface area contributed by atoms with Gasteiger partial charge in [-0.1, -0.05) is 60.5 Å². The highest BCUT2D eigenvalue weighted by Crippen LogP contribution is 2.51. The van der Waals surface area contributed by atoms with E-state index in [1.807, 2.05) is 53.9 Å². The van der Waals surface area contributed by atoms with Crippen LogP contribution >= 0.6 is 22.9 Å². The highest BCUT2D eigenvalue weighted by molar-refractivity contribution is 7.09. The number of rotatable bonds is 8. The summed E-state index contributed by atoms with van der Waals surface area (Å²) in [6, 6.07) is 18.9. The molecule has 6 rings (SSSR count). The number of hydrogen-bond donors (Lipinski definition) is 2. The lowest BCUT2D eigenvalue weighted by atomic mass is 9.58. The lowest BCUT2D eigenvalue weighted by Gasteiger charge is -2.43. The zero-order valence-corrected chi connectivity index (χ0v) is 25.0. The number of benzene rings is 2. The smallest absolute Gasteiger partial charge is 0.455 e. The van der Waals surface area contributed by atoms with Crippen molar-refractivity contribution in [1.29, 1.82) is 0 Å². The molecule has 9 heteroatoms. The first-order chi connectivity index (χ1) is 20.3. The minimum Gasteiger partial charge on any atom is -0.508 e. The Morgan fingerprint density at radius 2 is 1.93 bits per heavy atom. The molecule has 6 nitrogen and oxygen atoms in total. The van der Waals surface area contributed by atoms with Crippen LogP contribution in [-0.2, 0) is 20.8 Å². The van der Waals surface area contributed by atoms with Crippen LogP contribution in [0.25, 0.3) is 11.6 Å². The predicted octanol–water partition coefficient (Wildman–Crippen LogP) is 6.84. The molecule has 3 heterocycles. The summed E-state index contributed by atoms with van der Waals surface area (Å²) in [4.78, 5) is 29.7. The maximum Gasteiger partial charge on any atom is 0.455 e. The number of aromatic hydroxyl groups is 1. The third-order valence-corrected chi connectivity index (χ3v) is 10.0. The van der Waals surface area contributed by atoms with Gasteiger partial charge in [-0.15, -0.1) is 11.3 Å². The number of amides is 2. The second-order valence-electron chi connectivity index (χ2n) is 11.3. The average Bonchev–Trinajstić information content (AvgIpc) is 3.58. The Labute approximate surface area is 255 Å². The number of halogens is 1. The number of phenolic OH excluding ortho intramolecular Hbond substituents is 1. The highest BCUT2D eigenvalue weighted by Gasteiger charge is 2.57. The van der Waals surface area contributed by atoms with Gasteiger partial charge in [0.25, 0.3) is 0 Å². The topological polar surface area (TPSA) is 87.1 Å². The Morgan fingerprint density at radius 3 is 2.64 bits per heavy atom. The molecule has 1 aliphatic carbocycles. The number of allylic oxidation sites excluding steroid dienone is 2. The number of likely N-dealkylation sites (tertiary alicyclic amines) is 1. The van der Waals surface area contributed by atoms with Gasteiger partial charge in [0.15, 0.2) is 0 Å². The summed E-state index contributed by atoms with van der Waals surface area (Å²) >= 11 is 8.00. The summed E-state index contributed by atoms with van der Waals surface area (Å²) in [7, 11) is -1.01. The van der Waals surface area contributed by atoms with Gasteiger partial charge in [0.2, 0.25) is 11.8 Å². The number of phenols is 1. The Morgan fingerprint density at radius 1 is 1.12 bits per heavy atom. The van der Waals surface area contributed by atoms with E-state index >= 15 is 0 Å². The molecule has 216 valence electrons. The predicted molar refractivity (Wildman–Crippen MR) is 167 cm³/mol. The largest absolute Gasteiger partial charge is 0.508 e. The molecule has 3 aromatic rings. The van der Waals surface area contributed by atoms with Crippen LogP contribution in [0.2, 0.25) is 11.3 Å². The van der Waals surface area contributed by atoms with Gasteiger partial charge in [-0.2, -0.15) is 0 Å². The van der Waals surface area contributed by atoms with Gasteiger partial charge in [-0.25, -0.2) is 0 Å². The maximum atomic E-state index is 13.8. The van der Waals surface area contributed by atoms with E-state index in [0.717, 1.165) is 33.6 Å². The maximum absolute atomic E-state index is 13.8. The molecule has 0 unspecified atom stereocenters. The second-order valence-corrected chi connectivity index (χ2v) is 12.7. The first-order valence-electron chi connectivity index (χ1n) is 14.5. The molecule has 0 radical (unpaired) electrons. The van der Waals surface area contributed by atoms with Crippen LogP contribution in [0, 0.1) is 17.8 Å². The molecule has 1 aromatic heterocycles. The molecule has 42 heavy (non-hydrogen) atoms. The van der Waals surface area contributed by atoms with Crippen LogP contribution in [0.3, 0.4) is 0 Å². The average molecular weight is 602 g/mol. The minimum absolute atomic E-state index is 0.0963. The summed E-state index contributed by atoms with van der Waals surface area (Å²) in [6.07, 6.45) is 4.53. The Hall–Kier alpha value is -3.17. The van der Waals surface area contributed by atoms with Crippen molar-refractivity contribution in [3.8, 4) is 5.75 Å². The molecule has 2 amide bonds. The fourth-order valence-electron chi connectivity index (χ4n) is 6.94. The molecular weight excluding hydrogens is 569 g/mol. The van der Waals surface area contributed by atoms with Crippen molar-refractivity contribution in [2.24, 2.45) is 17.8 Å². The van der Waals surface area contributed by atoms with E-state index in [4.69, 9.17) is 16.3 Å². The minimum atomic E-state index is -1.01. The van der Waals surface area contributed by atoms with E-state index in [1.54, 1.807) is 23.5 Å². The van der Waals surface area contributed by atoms with Gasteiger partial charge in [-0.3, -0.25) is 14.5 Å². The van der Waals surface area contributed by atoms with Gasteiger partial charge < -0.3 is 14.8 Å². The number of hydrogen-bond acceptors (Lipinski definition) is 6. The third kappa shape index (κ3) is 5.61. The zero-order valence-electron chi connectivity index (χ0n) is 23.4. The van der Waals surface area contributed by atoms with Crippen molar-refractivity contribution in [3.63, 3.8) is 0 Å². The van der Waals surface area contributed by atoms with E-state index in [2.05, 4.69) is 6.92 Å². The van der Waals surface area contributed by atoms with Crippen LogP contribution in [0.5, 0.6) is 5.75 Å². The highest BCUT2D eigenvalue weighted by atomic mass is 35.5. The summed E-state index contributed by atoms with van der Waals surface area (Å²) in [6.45, 7) is 2.40. The quantitative estimate of drug-likeness (QED) is 0.128. The van der Waals surface area contributed by atoms with Crippen LogP contribution in [-0.4, -0.2) is 40.1 Å². The molecule has 0 saturated carbocycles. The van der Waals surface area contributed by atoms with Gasteiger partial charge in [0.05, 0.1) is 29.5 Å². The normalized spacial score (nSPS) is 24.3. The van der Waals surface area contributed by atoms with E-state index < -0.39 is 13.0 Å². The zero-order chi connectivity index (χ0) is 29.4. The Kier molecular flexibility index (Phi) is 8.41. The van der Waals surface area contributed by atoms with E-state index in [9.17, 15) is 19.7 Å². The number of imide groups is 1. The molecule has 2 N–H and O–H groups in total. The monoisotopic (exact) mass is 601 g/mol. The second kappa shape index (κ2) is 12.2. The van der Waals surface area contributed by atoms with E-state index in [1.165, 1.54) is 16.5 Å². The Balaban J connectivity index is 1.30. The fraction of sp³-hybridized carbons (Fsp3) is 0.333. The van der Waals surface area contributed by atoms with E-state index in [-0.39, 0.29) is 35.5 Å². The van der Waals surface area contributed by atoms with Gasteiger partial charge in [-0.05, 0) is 95.9 Å². The fourth-order valence-corrected chi connectivity index (χ4v) is 7.86. The number of carbonyl (C=O) groups is 2. The van der Waals surface area contributed by atoms with Crippen molar-refractivity contribution >= 4 is 53.5 Å². The van der Waals surface area contributed by atoms with Crippen molar-refractivity contribution in [3.05, 3.63) is 98.2 Å². The summed E-state index contributed by atoms with van der Waals surface area (Å²) in [5, 5.41) is 23.1. The molecule has 3 aliphatic rings. The van der Waals surface area contributed by atoms with Crippen LogP contribution in [0.1, 0.15) is 48.6 Å². The van der Waals surface area contributed by atoms with Crippen molar-refractivity contribution in [2.45, 2.75) is 51.6 Å². The molecule has 0 spiro atoms. The van der Waals surface area contributed by atoms with Crippen molar-refractivity contribution < 1.29 is 24.4 Å². The molecule has 2 aromatic carbocycles. The number of nitrogens with zero attached hydrogens (tertiary/aromatic N) is 1. The number of carbonyl (C=O) groups excluding carboxylic acids is 2. The molecule has 0 bridgehead atoms. The molecule has 2 saturated heterocycles. The summed E-state index contributed by atoms with van der Waals surface area (Å²) < 4.78 is 6.19. The first kappa shape index (κ1) is 28.9. The Bertz CT molecular complexity index is 1540. The van der Waals surface area contributed by atoms with Crippen LogP contribution < -0.4 is 0 Å². The molecule has 4 atom stereocenters. The number of fused-ring (bicyclic) bond motifs is 3. The lowest BCUT2D eigenvalue weighted by molar-refractivity contribution is -0.140. The van der Waals surface area contributed by atoms with Gasteiger partial charge >= 0.3 is 7.12 Å². The lowest BCUT2D eigenvalue weighted by Crippen LogP contribution is -2.46. The number of thiophene rings is 1. The third-order valence-electron chi connectivity index (χ3n) is 8.85. The van der Waals surface area contributed by atoms with E-state index in [0.29, 0.717) is 37.2 Å². The standard InChI is InChI=1S/C33H33BClNO5S/c1-2-20-16-26-31(33(39)36(32(26)38)19-25-9-6-14-42-25)27-18-34(40)41-29(30(20)27)13-11-22(21-7-4-3-5-8-21)15-23-10-12-24(37)17-28(23)35/h3-10,12,14-15,17,26-27,29,31,37,40H,2,11,13,16,18-19H2,1H3/b22-15-/t26-,27+,29-,31-/m1/s1. The van der Waals surface area contributed by atoms with Crippen LogP contribution in [0.4, 0.5) is 0 Å². The van der Waals surface area contributed by atoms with Gasteiger partial charge in [0.1, 0.15) is 5.75 Å². The van der Waals surface area contributed by atoms with Crippen molar-refractivity contribution in [1.82, 2.24) is 4.90 Å². The summed E-state index contributed by atoms with van der Waals surface area (Å²) in [5.74, 6) is -1.20. The van der Waals surface area contributed by atoms with Gasteiger partial charge in [0, 0.05) is 4.88 Å². The molecular formula is C33H33BClNO5S. The SMILES string of the molecule is CCC1=C2[C@@H](CC/C(=C/c3ccc(O)cc3Cl)c3ccccc3)OB(O)C[C@@H]2[C@@H]2C(=O)N(Cc3cccs3)C(=O)[C@@H]2C1. The summed E-state index contributed by atoms with van der Waals surface area (Å²) in [5.41, 5.74) is 5.15. The first-order valence-corrected chi connectivity index (χ1v) is 15.8. The molecule has 2 aliphatic heterocycles.